The third-order valence-corrected chi connectivity index (χ3v) is 6.24. The molecule has 0 radical (unpaired) electrons. The molecule has 0 bridgehead atoms. The van der Waals surface area contributed by atoms with E-state index in [4.69, 9.17) is 21.3 Å². The van der Waals surface area contributed by atoms with E-state index in [1.54, 1.807) is 36.2 Å². The van der Waals surface area contributed by atoms with Crippen LogP contribution in [-0.4, -0.2) is 48.7 Å². The Bertz CT molecular complexity index is 1040. The van der Waals surface area contributed by atoms with Gasteiger partial charge in [0, 0.05) is 37.0 Å². The monoisotopic (exact) mass is 453 g/mol. The van der Waals surface area contributed by atoms with E-state index < -0.39 is 17.8 Å². The predicted molar refractivity (Wildman–Crippen MR) is 129 cm³/mol. The van der Waals surface area contributed by atoms with Crippen molar-refractivity contribution in [3.05, 3.63) is 59.4 Å². The molecular formula is C25H32FN5O2. The first-order chi connectivity index (χ1) is 15.7. The summed E-state index contributed by atoms with van der Waals surface area (Å²) in [5.74, 6) is -1.25. The van der Waals surface area contributed by atoms with Crippen molar-refractivity contribution in [3.8, 4) is 5.75 Å². The van der Waals surface area contributed by atoms with Crippen LogP contribution in [-0.2, 0) is 4.79 Å². The Balaban J connectivity index is 1.81. The fourth-order valence-corrected chi connectivity index (χ4v) is 4.07. The number of esters is 1. The smallest absolute Gasteiger partial charge is 0.334 e. The zero-order valence-electron chi connectivity index (χ0n) is 19.4. The van der Waals surface area contributed by atoms with Crippen LogP contribution in [0.25, 0.3) is 0 Å². The van der Waals surface area contributed by atoms with Gasteiger partial charge in [-0.25, -0.2) is 9.18 Å². The van der Waals surface area contributed by atoms with E-state index >= 15 is 0 Å². The lowest BCUT2D eigenvalue weighted by molar-refractivity contribution is -0.137. The molecule has 8 heteroatoms. The summed E-state index contributed by atoms with van der Waals surface area (Å²) < 4.78 is 20.3. The number of nitrogens with zero attached hydrogens (tertiary/aromatic N) is 2. The quantitative estimate of drug-likeness (QED) is 0.243. The summed E-state index contributed by atoms with van der Waals surface area (Å²) in [4.78, 5) is 16.9. The molecule has 4 N–H and O–H groups in total. The molecule has 1 aliphatic rings. The highest BCUT2D eigenvalue weighted by Gasteiger charge is 2.31. The van der Waals surface area contributed by atoms with Crippen LogP contribution >= 0.6 is 0 Å². The zero-order valence-corrected chi connectivity index (χ0v) is 19.4. The number of halogens is 1. The molecule has 1 saturated heterocycles. The minimum absolute atomic E-state index is 0.0606. The predicted octanol–water partition coefficient (Wildman–Crippen LogP) is 3.99. The summed E-state index contributed by atoms with van der Waals surface area (Å²) in [6.07, 6.45) is 2.77. The van der Waals surface area contributed by atoms with Gasteiger partial charge in [0.15, 0.2) is 11.6 Å². The van der Waals surface area contributed by atoms with Gasteiger partial charge in [0.25, 0.3) is 0 Å². The fraction of sp³-hybridized carbons (Fsp3) is 0.400. The van der Waals surface area contributed by atoms with E-state index in [-0.39, 0.29) is 23.3 Å². The SMILES string of the molecule is CC[C@H](C)[C@@H](C(=O)Oc1ccc(C(=N)N2CCCC2)cc1F)N(C)c1cccc(C(=N)N)c1. The number of nitrogens with two attached hydrogens (primary N) is 1. The molecule has 0 amide bonds. The van der Waals surface area contributed by atoms with Crippen molar-refractivity contribution < 1.29 is 13.9 Å². The fourth-order valence-electron chi connectivity index (χ4n) is 4.07. The van der Waals surface area contributed by atoms with Gasteiger partial charge in [-0.3, -0.25) is 10.8 Å². The number of likely N-dealkylation sites (N-methyl/N-ethyl adjacent to an activating group) is 1. The number of hydrogen-bond donors (Lipinski definition) is 3. The Labute approximate surface area is 194 Å². The van der Waals surface area contributed by atoms with Crippen LogP contribution in [0.15, 0.2) is 42.5 Å². The first-order valence-electron chi connectivity index (χ1n) is 11.2. The molecule has 0 unspecified atom stereocenters. The Hall–Kier alpha value is -3.42. The average Bonchev–Trinajstić information content (AvgIpc) is 3.35. The number of carbonyl (C=O) groups excluding carboxylic acids is 1. The summed E-state index contributed by atoms with van der Waals surface area (Å²) in [5, 5.41) is 16.0. The first kappa shape index (κ1) is 24.2. The molecule has 1 aliphatic heterocycles. The third kappa shape index (κ3) is 5.50. The minimum Gasteiger partial charge on any atom is -0.422 e. The van der Waals surface area contributed by atoms with Gasteiger partial charge in [-0.2, -0.15) is 0 Å². The highest BCUT2D eigenvalue weighted by atomic mass is 19.1. The number of hydrogen-bond acceptors (Lipinski definition) is 5. The number of ether oxygens (including phenoxy) is 1. The largest absolute Gasteiger partial charge is 0.422 e. The van der Waals surface area contributed by atoms with Gasteiger partial charge in [-0.15, -0.1) is 0 Å². The molecular weight excluding hydrogens is 421 g/mol. The van der Waals surface area contributed by atoms with Crippen molar-refractivity contribution in [1.29, 1.82) is 10.8 Å². The van der Waals surface area contributed by atoms with Gasteiger partial charge < -0.3 is 20.3 Å². The molecule has 7 nitrogen and oxygen atoms in total. The lowest BCUT2D eigenvalue weighted by atomic mass is 9.97. The normalized spacial score (nSPS) is 15.1. The van der Waals surface area contributed by atoms with Gasteiger partial charge in [0.2, 0.25) is 0 Å². The lowest BCUT2D eigenvalue weighted by Crippen LogP contribution is -2.45. The molecule has 0 aromatic heterocycles. The van der Waals surface area contributed by atoms with E-state index in [1.807, 2.05) is 24.8 Å². The molecule has 2 aromatic carbocycles. The second kappa shape index (κ2) is 10.5. The van der Waals surface area contributed by atoms with Crippen molar-refractivity contribution in [2.45, 2.75) is 39.2 Å². The molecule has 2 atom stereocenters. The highest BCUT2D eigenvalue weighted by molar-refractivity contribution is 5.97. The molecule has 1 heterocycles. The second-order valence-corrected chi connectivity index (χ2v) is 8.51. The van der Waals surface area contributed by atoms with Crippen molar-refractivity contribution in [2.24, 2.45) is 11.7 Å². The van der Waals surface area contributed by atoms with Gasteiger partial charge in [0.1, 0.15) is 17.7 Å². The van der Waals surface area contributed by atoms with Crippen LogP contribution in [0.4, 0.5) is 10.1 Å². The number of anilines is 1. The van der Waals surface area contributed by atoms with Crippen LogP contribution in [0.3, 0.4) is 0 Å². The molecule has 0 saturated carbocycles. The Morgan fingerprint density at radius 1 is 1.18 bits per heavy atom. The Morgan fingerprint density at radius 2 is 1.88 bits per heavy atom. The number of nitrogens with one attached hydrogen (secondary N) is 2. The summed E-state index contributed by atoms with van der Waals surface area (Å²) >= 11 is 0. The number of rotatable bonds is 8. The molecule has 0 spiro atoms. The number of carbonyl (C=O) groups is 1. The van der Waals surface area contributed by atoms with Crippen LogP contribution in [0.5, 0.6) is 5.75 Å². The highest BCUT2D eigenvalue weighted by Crippen LogP contribution is 2.26. The summed E-state index contributed by atoms with van der Waals surface area (Å²) in [6, 6.07) is 10.7. The first-order valence-corrected chi connectivity index (χ1v) is 11.2. The van der Waals surface area contributed by atoms with E-state index in [1.165, 1.54) is 12.1 Å². The van der Waals surface area contributed by atoms with Crippen molar-refractivity contribution in [1.82, 2.24) is 4.90 Å². The molecule has 176 valence electrons. The molecule has 33 heavy (non-hydrogen) atoms. The van der Waals surface area contributed by atoms with Crippen LogP contribution < -0.4 is 15.4 Å². The standard InChI is InChI=1S/C25H32FN5O2/c1-4-16(2)22(30(3)19-9-7-8-17(14-19)23(27)28)25(32)33-21-11-10-18(15-20(21)26)24(29)31-12-5-6-13-31/h7-11,14-16,22,29H,4-6,12-13H2,1-3H3,(H3,27,28)/t16-,22-/m0/s1. The maximum Gasteiger partial charge on any atom is 0.334 e. The van der Waals surface area contributed by atoms with Crippen molar-refractivity contribution in [2.75, 3.05) is 25.0 Å². The van der Waals surface area contributed by atoms with E-state index in [9.17, 15) is 9.18 Å². The maximum absolute atomic E-state index is 14.8. The van der Waals surface area contributed by atoms with E-state index in [0.29, 0.717) is 23.2 Å². The summed E-state index contributed by atoms with van der Waals surface area (Å²) in [7, 11) is 1.77. The summed E-state index contributed by atoms with van der Waals surface area (Å²) in [5.41, 5.74) is 7.34. The Morgan fingerprint density at radius 3 is 2.48 bits per heavy atom. The number of amidine groups is 2. The molecule has 2 aromatic rings. The second-order valence-electron chi connectivity index (χ2n) is 8.51. The van der Waals surface area contributed by atoms with Crippen LogP contribution in [0, 0.1) is 22.6 Å². The number of nitrogen functional groups attached to an aromatic ring is 1. The maximum atomic E-state index is 14.8. The van der Waals surface area contributed by atoms with Gasteiger partial charge in [0.05, 0.1) is 0 Å². The van der Waals surface area contributed by atoms with Crippen molar-refractivity contribution >= 4 is 23.3 Å². The number of likely N-dealkylation sites (tertiary alicyclic amines) is 1. The van der Waals surface area contributed by atoms with Gasteiger partial charge in [-0.1, -0.05) is 32.4 Å². The van der Waals surface area contributed by atoms with E-state index in [0.717, 1.165) is 25.9 Å². The topological polar surface area (TPSA) is 107 Å². The number of benzene rings is 2. The molecule has 1 fully saturated rings. The summed E-state index contributed by atoms with van der Waals surface area (Å²) in [6.45, 7) is 5.51. The van der Waals surface area contributed by atoms with Gasteiger partial charge in [-0.05, 0) is 49.1 Å². The van der Waals surface area contributed by atoms with Gasteiger partial charge >= 0.3 is 5.97 Å². The van der Waals surface area contributed by atoms with E-state index in [2.05, 4.69) is 0 Å². The third-order valence-electron chi connectivity index (χ3n) is 6.24. The van der Waals surface area contributed by atoms with Crippen LogP contribution in [0.1, 0.15) is 44.2 Å². The van der Waals surface area contributed by atoms with Crippen LogP contribution in [0.2, 0.25) is 0 Å². The van der Waals surface area contributed by atoms with Crippen molar-refractivity contribution in [3.63, 3.8) is 0 Å². The zero-order chi connectivity index (χ0) is 24.1. The Kier molecular flexibility index (Phi) is 7.68. The average molecular weight is 454 g/mol. The molecule has 3 rings (SSSR count). The minimum atomic E-state index is -0.672. The lowest BCUT2D eigenvalue weighted by Gasteiger charge is -2.32. The molecule has 0 aliphatic carbocycles.